The molecule has 1 saturated heterocycles. The highest BCUT2D eigenvalue weighted by Crippen LogP contribution is 2.29. The lowest BCUT2D eigenvalue weighted by atomic mass is 10.0. The van der Waals surface area contributed by atoms with Crippen LogP contribution in [0, 0.1) is 0 Å². The van der Waals surface area contributed by atoms with Gasteiger partial charge in [0.05, 0.1) is 10.0 Å². The van der Waals surface area contributed by atoms with Gasteiger partial charge in [-0.05, 0) is 12.1 Å². The van der Waals surface area contributed by atoms with E-state index in [-0.39, 0.29) is 6.10 Å². The molecule has 3 rings (SSSR count). The summed E-state index contributed by atoms with van der Waals surface area (Å²) >= 11 is 11.8. The molecular weight excluding hydrogens is 257 g/mol. The molecule has 0 radical (unpaired) electrons. The van der Waals surface area contributed by atoms with Crippen molar-refractivity contribution in [1.82, 2.24) is 5.32 Å². The van der Waals surface area contributed by atoms with E-state index >= 15 is 0 Å². The van der Waals surface area contributed by atoms with Gasteiger partial charge < -0.3 is 10.1 Å². The quantitative estimate of drug-likeness (QED) is 0.831. The van der Waals surface area contributed by atoms with Crippen LogP contribution in [0.2, 0.25) is 10.0 Å². The third kappa shape index (κ3) is 2.44. The second kappa shape index (κ2) is 4.52. The van der Waals surface area contributed by atoms with E-state index in [1.54, 1.807) is 12.1 Å². The summed E-state index contributed by atoms with van der Waals surface area (Å²) in [5.41, 5.74) is 0. The van der Waals surface area contributed by atoms with Gasteiger partial charge in [0.2, 0.25) is 0 Å². The van der Waals surface area contributed by atoms with Crippen LogP contribution >= 0.6 is 23.2 Å². The molecule has 1 aromatic rings. The SMILES string of the molecule is Clc1ccc(O[C@@H]2C[C@H]3C=C[C@@H](C2)N3)cc1Cl. The molecule has 1 aromatic carbocycles. The van der Waals surface area contributed by atoms with Crippen LogP contribution in [0.3, 0.4) is 0 Å². The number of piperidine rings is 1. The maximum absolute atomic E-state index is 5.96. The summed E-state index contributed by atoms with van der Waals surface area (Å²) in [5.74, 6) is 0.797. The van der Waals surface area contributed by atoms with Crippen LogP contribution < -0.4 is 10.1 Å². The highest BCUT2D eigenvalue weighted by molar-refractivity contribution is 6.42. The van der Waals surface area contributed by atoms with E-state index < -0.39 is 0 Å². The van der Waals surface area contributed by atoms with Crippen LogP contribution in [0.1, 0.15) is 12.8 Å². The largest absolute Gasteiger partial charge is 0.490 e. The minimum absolute atomic E-state index is 0.249. The molecule has 4 heteroatoms. The molecule has 0 aromatic heterocycles. The van der Waals surface area contributed by atoms with Gasteiger partial charge in [-0.3, -0.25) is 0 Å². The van der Waals surface area contributed by atoms with Gasteiger partial charge in [-0.25, -0.2) is 0 Å². The van der Waals surface area contributed by atoms with Gasteiger partial charge in [-0.2, -0.15) is 0 Å². The van der Waals surface area contributed by atoms with Gasteiger partial charge in [-0.1, -0.05) is 35.4 Å². The topological polar surface area (TPSA) is 21.3 Å². The van der Waals surface area contributed by atoms with E-state index in [4.69, 9.17) is 27.9 Å². The molecule has 3 atom stereocenters. The van der Waals surface area contributed by atoms with Crippen molar-refractivity contribution >= 4 is 23.2 Å². The van der Waals surface area contributed by atoms with Gasteiger partial charge >= 0.3 is 0 Å². The molecule has 90 valence electrons. The van der Waals surface area contributed by atoms with Crippen LogP contribution in [0.4, 0.5) is 0 Å². The molecule has 0 aliphatic carbocycles. The normalized spacial score (nSPS) is 30.6. The molecule has 0 saturated carbocycles. The number of fused-ring (bicyclic) bond motifs is 2. The van der Waals surface area contributed by atoms with Gasteiger partial charge in [0.15, 0.2) is 0 Å². The molecule has 2 aliphatic heterocycles. The maximum atomic E-state index is 5.96. The van der Waals surface area contributed by atoms with Gasteiger partial charge in [0, 0.05) is 31.0 Å². The lowest BCUT2D eigenvalue weighted by molar-refractivity contribution is 0.142. The first kappa shape index (κ1) is 11.4. The first-order chi connectivity index (χ1) is 8.20. The van der Waals surface area contributed by atoms with Crippen LogP contribution in [0.15, 0.2) is 30.4 Å². The summed E-state index contributed by atoms with van der Waals surface area (Å²) in [4.78, 5) is 0. The Kier molecular flexibility index (Phi) is 3.03. The van der Waals surface area contributed by atoms with Crippen molar-refractivity contribution < 1.29 is 4.74 Å². The van der Waals surface area contributed by atoms with Crippen LogP contribution in [-0.2, 0) is 0 Å². The summed E-state index contributed by atoms with van der Waals surface area (Å²) in [5, 5.41) is 4.59. The molecule has 2 nitrogen and oxygen atoms in total. The monoisotopic (exact) mass is 269 g/mol. The minimum atomic E-state index is 0.249. The van der Waals surface area contributed by atoms with Crippen LogP contribution in [0.5, 0.6) is 5.75 Å². The highest BCUT2D eigenvalue weighted by Gasteiger charge is 2.30. The Hall–Kier alpha value is -0.700. The predicted molar refractivity (Wildman–Crippen MR) is 70.0 cm³/mol. The second-order valence-corrected chi connectivity index (χ2v) is 5.37. The Labute approximate surface area is 111 Å². The van der Waals surface area contributed by atoms with Crippen molar-refractivity contribution in [3.63, 3.8) is 0 Å². The second-order valence-electron chi connectivity index (χ2n) is 4.55. The average molecular weight is 270 g/mol. The summed E-state index contributed by atoms with van der Waals surface area (Å²) < 4.78 is 5.95. The number of halogens is 2. The fraction of sp³-hybridized carbons (Fsp3) is 0.385. The van der Waals surface area contributed by atoms with E-state index in [0.717, 1.165) is 18.6 Å². The first-order valence-electron chi connectivity index (χ1n) is 5.77. The average Bonchev–Trinajstić information content (AvgIpc) is 2.64. The van der Waals surface area contributed by atoms with Gasteiger partial charge in [-0.15, -0.1) is 0 Å². The minimum Gasteiger partial charge on any atom is -0.490 e. The van der Waals surface area contributed by atoms with E-state index in [9.17, 15) is 0 Å². The molecule has 0 amide bonds. The Morgan fingerprint density at radius 2 is 1.76 bits per heavy atom. The zero-order valence-electron chi connectivity index (χ0n) is 9.20. The number of ether oxygens (including phenoxy) is 1. The lowest BCUT2D eigenvalue weighted by Gasteiger charge is -2.29. The standard InChI is InChI=1S/C13H13Cl2NO/c14-12-4-3-10(7-13(12)15)17-11-5-8-1-2-9(6-11)16-8/h1-4,7-9,11,16H,5-6H2/t8-,9+,11-. The Balaban J connectivity index is 1.69. The first-order valence-corrected chi connectivity index (χ1v) is 6.52. The zero-order chi connectivity index (χ0) is 11.8. The summed E-state index contributed by atoms with van der Waals surface area (Å²) in [6.07, 6.45) is 6.71. The van der Waals surface area contributed by atoms with Gasteiger partial charge in [0.1, 0.15) is 11.9 Å². The molecule has 2 heterocycles. The summed E-state index contributed by atoms with van der Waals surface area (Å²) in [6, 6.07) is 6.34. The van der Waals surface area contributed by atoms with Crippen molar-refractivity contribution in [2.24, 2.45) is 0 Å². The number of hydrogen-bond acceptors (Lipinski definition) is 2. The van der Waals surface area contributed by atoms with Crippen molar-refractivity contribution in [3.8, 4) is 5.75 Å². The number of nitrogens with one attached hydrogen (secondary N) is 1. The Morgan fingerprint density at radius 3 is 2.41 bits per heavy atom. The molecule has 1 N–H and O–H groups in total. The molecule has 0 spiro atoms. The number of rotatable bonds is 2. The Morgan fingerprint density at radius 1 is 1.06 bits per heavy atom. The third-order valence-electron chi connectivity index (χ3n) is 3.23. The Bertz CT molecular complexity index is 447. The smallest absolute Gasteiger partial charge is 0.121 e. The third-order valence-corrected chi connectivity index (χ3v) is 3.97. The maximum Gasteiger partial charge on any atom is 0.121 e. The van der Waals surface area contributed by atoms with E-state index in [1.807, 2.05) is 6.07 Å². The molecular formula is C13H13Cl2NO. The number of benzene rings is 1. The van der Waals surface area contributed by atoms with Crippen LogP contribution in [-0.4, -0.2) is 18.2 Å². The number of hydrogen-bond donors (Lipinski definition) is 1. The molecule has 1 fully saturated rings. The van der Waals surface area contributed by atoms with Crippen molar-refractivity contribution in [3.05, 3.63) is 40.4 Å². The molecule has 2 aliphatic rings. The fourth-order valence-electron chi connectivity index (χ4n) is 2.45. The predicted octanol–water partition coefficient (Wildman–Crippen LogP) is 3.43. The van der Waals surface area contributed by atoms with Gasteiger partial charge in [0.25, 0.3) is 0 Å². The summed E-state index contributed by atoms with van der Waals surface area (Å²) in [6.45, 7) is 0. The lowest BCUT2D eigenvalue weighted by Crippen LogP contribution is -2.43. The highest BCUT2D eigenvalue weighted by atomic mass is 35.5. The van der Waals surface area contributed by atoms with E-state index in [0.29, 0.717) is 22.1 Å². The van der Waals surface area contributed by atoms with Crippen molar-refractivity contribution in [2.45, 2.75) is 31.0 Å². The van der Waals surface area contributed by atoms with E-state index in [2.05, 4.69) is 17.5 Å². The fourth-order valence-corrected chi connectivity index (χ4v) is 2.74. The molecule has 0 unspecified atom stereocenters. The summed E-state index contributed by atoms with van der Waals surface area (Å²) in [7, 11) is 0. The van der Waals surface area contributed by atoms with Crippen molar-refractivity contribution in [2.75, 3.05) is 0 Å². The molecule has 17 heavy (non-hydrogen) atoms. The molecule has 2 bridgehead atoms. The zero-order valence-corrected chi connectivity index (χ0v) is 10.7. The van der Waals surface area contributed by atoms with E-state index in [1.165, 1.54) is 0 Å². The van der Waals surface area contributed by atoms with Crippen LogP contribution in [0.25, 0.3) is 0 Å². The van der Waals surface area contributed by atoms with Crippen molar-refractivity contribution in [1.29, 1.82) is 0 Å².